The van der Waals surface area contributed by atoms with Crippen LogP contribution in [-0.2, 0) is 24.4 Å². The number of rotatable bonds is 7. The van der Waals surface area contributed by atoms with Crippen molar-refractivity contribution < 1.29 is 4.79 Å². The summed E-state index contributed by atoms with van der Waals surface area (Å²) in [4.78, 5) is 15.9. The van der Waals surface area contributed by atoms with Crippen molar-refractivity contribution in [2.45, 2.75) is 19.6 Å². The predicted octanol–water partition coefficient (Wildman–Crippen LogP) is 5.55. The molecule has 0 aliphatic carbocycles. The van der Waals surface area contributed by atoms with Crippen molar-refractivity contribution in [1.82, 2.24) is 10.2 Å². The van der Waals surface area contributed by atoms with Crippen molar-refractivity contribution in [3.63, 3.8) is 0 Å². The smallest absolute Gasteiger partial charge is 0.246 e. The van der Waals surface area contributed by atoms with E-state index in [-0.39, 0.29) is 5.91 Å². The molecule has 142 valence electrons. The number of nitrogens with one attached hydrogen (secondary N) is 1. The van der Waals surface area contributed by atoms with E-state index < -0.39 is 0 Å². The molecule has 0 saturated heterocycles. The van der Waals surface area contributed by atoms with Gasteiger partial charge < -0.3 is 10.2 Å². The highest BCUT2D eigenvalue weighted by Gasteiger charge is 2.09. The number of thiophene rings is 2. The third-order valence-electron chi connectivity index (χ3n) is 4.68. The Morgan fingerprint density at radius 3 is 2.57 bits per heavy atom. The van der Waals surface area contributed by atoms with Crippen LogP contribution in [0.3, 0.4) is 0 Å². The average Bonchev–Trinajstić information content (AvgIpc) is 3.29. The summed E-state index contributed by atoms with van der Waals surface area (Å²) in [7, 11) is 1.80. The number of likely N-dealkylation sites (N-methyl/N-ethyl adjacent to an activating group) is 1. The molecule has 2 heterocycles. The third-order valence-corrected chi connectivity index (χ3v) is 6.88. The number of nitrogens with zero attached hydrogens (tertiary/aromatic N) is 1. The highest BCUT2D eigenvalue weighted by molar-refractivity contribution is 7.19. The second kappa shape index (κ2) is 8.27. The molecule has 0 spiro atoms. The van der Waals surface area contributed by atoms with Crippen LogP contribution < -0.4 is 5.32 Å². The van der Waals surface area contributed by atoms with E-state index in [4.69, 9.17) is 0 Å². The zero-order valence-corrected chi connectivity index (χ0v) is 17.4. The highest BCUT2D eigenvalue weighted by atomic mass is 32.1. The van der Waals surface area contributed by atoms with E-state index in [0.717, 1.165) is 13.1 Å². The van der Waals surface area contributed by atoms with Crippen LogP contribution in [0.1, 0.15) is 15.3 Å². The fraction of sp³-hybridized carbons (Fsp3) is 0.174. The van der Waals surface area contributed by atoms with E-state index >= 15 is 0 Å². The van der Waals surface area contributed by atoms with E-state index in [1.165, 1.54) is 41.6 Å². The first-order valence-electron chi connectivity index (χ1n) is 9.19. The molecule has 2 aromatic carbocycles. The number of hydrogen-bond acceptors (Lipinski definition) is 4. The summed E-state index contributed by atoms with van der Waals surface area (Å²) in [6.45, 7) is 5.88. The van der Waals surface area contributed by atoms with Gasteiger partial charge in [0, 0.05) is 39.3 Å². The molecule has 0 unspecified atom stereocenters. The number of hydrogen-bond donors (Lipinski definition) is 1. The van der Waals surface area contributed by atoms with E-state index in [9.17, 15) is 4.79 Å². The molecular weight excluding hydrogens is 384 g/mol. The second-order valence-electron chi connectivity index (χ2n) is 6.84. The van der Waals surface area contributed by atoms with Gasteiger partial charge in [-0.3, -0.25) is 4.79 Å². The summed E-state index contributed by atoms with van der Waals surface area (Å²) in [5.41, 5.74) is 1.28. The first kappa shape index (κ1) is 18.9. The number of amides is 1. The molecule has 0 aliphatic rings. The van der Waals surface area contributed by atoms with Gasteiger partial charge in [-0.05, 0) is 46.7 Å². The molecule has 0 saturated carbocycles. The van der Waals surface area contributed by atoms with E-state index in [1.807, 2.05) is 11.3 Å². The Hall–Kier alpha value is -2.47. The minimum atomic E-state index is -0.0522. The molecule has 1 N–H and O–H groups in total. The van der Waals surface area contributed by atoms with Crippen LogP contribution in [0.15, 0.2) is 67.3 Å². The van der Waals surface area contributed by atoms with Crippen LogP contribution >= 0.6 is 22.7 Å². The molecule has 4 rings (SSSR count). The molecular formula is C23H22N2OS2. The second-order valence-corrected chi connectivity index (χ2v) is 9.17. The fourth-order valence-corrected chi connectivity index (χ4v) is 5.46. The van der Waals surface area contributed by atoms with Gasteiger partial charge >= 0.3 is 0 Å². The quantitative estimate of drug-likeness (QED) is 0.408. The van der Waals surface area contributed by atoms with E-state index in [2.05, 4.69) is 66.5 Å². The lowest BCUT2D eigenvalue weighted by molar-refractivity contribution is -0.125. The Labute approximate surface area is 172 Å². The van der Waals surface area contributed by atoms with Crippen LogP contribution in [-0.4, -0.2) is 17.9 Å². The number of carbonyl (C=O) groups is 1. The van der Waals surface area contributed by atoms with Gasteiger partial charge in [0.1, 0.15) is 0 Å². The van der Waals surface area contributed by atoms with Crippen molar-refractivity contribution in [2.75, 3.05) is 7.05 Å². The Morgan fingerprint density at radius 2 is 1.75 bits per heavy atom. The summed E-state index contributed by atoms with van der Waals surface area (Å²) in [5.74, 6) is -0.0522. The molecule has 4 aromatic rings. The van der Waals surface area contributed by atoms with Gasteiger partial charge in [-0.15, -0.1) is 22.7 Å². The van der Waals surface area contributed by atoms with Gasteiger partial charge in [0.15, 0.2) is 0 Å². The van der Waals surface area contributed by atoms with Crippen LogP contribution in [0.2, 0.25) is 0 Å². The molecule has 3 nitrogen and oxygen atoms in total. The maximum atomic E-state index is 11.7. The van der Waals surface area contributed by atoms with Crippen LogP contribution in [0.4, 0.5) is 0 Å². The molecule has 0 radical (unpaired) electrons. The highest BCUT2D eigenvalue weighted by Crippen LogP contribution is 2.28. The third kappa shape index (κ3) is 4.17. The first-order chi connectivity index (χ1) is 13.6. The number of carbonyl (C=O) groups excluding carboxylic acids is 1. The van der Waals surface area contributed by atoms with Gasteiger partial charge in [-0.25, -0.2) is 0 Å². The number of fused-ring (bicyclic) bond motifs is 2. The summed E-state index contributed by atoms with van der Waals surface area (Å²) in [5, 5.41) is 6.10. The summed E-state index contributed by atoms with van der Waals surface area (Å²) < 4.78 is 2.60. The van der Waals surface area contributed by atoms with E-state index in [0.29, 0.717) is 6.54 Å². The molecule has 0 bridgehead atoms. The molecule has 0 atom stereocenters. The van der Waals surface area contributed by atoms with Crippen LogP contribution in [0, 0.1) is 0 Å². The van der Waals surface area contributed by atoms with Crippen molar-refractivity contribution in [2.24, 2.45) is 0 Å². The topological polar surface area (TPSA) is 32.3 Å². The minimum Gasteiger partial charge on any atom is -0.337 e. The van der Waals surface area contributed by atoms with Crippen LogP contribution in [0.25, 0.3) is 20.2 Å². The maximum absolute atomic E-state index is 11.7. The SMILES string of the molecule is C=CC(=O)N(C)Cc1cc2ccc(CNCc3cc4ccccc4s3)cc2s1. The largest absolute Gasteiger partial charge is 0.337 e. The molecule has 2 aromatic heterocycles. The van der Waals surface area contributed by atoms with Crippen molar-refractivity contribution in [1.29, 1.82) is 0 Å². The van der Waals surface area contributed by atoms with Crippen LogP contribution in [0.5, 0.6) is 0 Å². The van der Waals surface area contributed by atoms with Crippen molar-refractivity contribution in [3.05, 3.63) is 82.6 Å². The Balaban J connectivity index is 1.40. The first-order valence-corrected chi connectivity index (χ1v) is 10.8. The lowest BCUT2D eigenvalue weighted by atomic mass is 10.1. The van der Waals surface area contributed by atoms with Crippen molar-refractivity contribution in [3.8, 4) is 0 Å². The Kier molecular flexibility index (Phi) is 5.57. The fourth-order valence-electron chi connectivity index (χ4n) is 3.24. The standard InChI is InChI=1S/C23H22N2OS2/c1-3-23(26)25(2)15-20-12-18-9-8-16(10-22(18)28-20)13-24-14-19-11-17-6-4-5-7-21(17)27-19/h3-12,24H,1,13-15H2,2H3. The van der Waals surface area contributed by atoms with Gasteiger partial charge in [0.05, 0.1) is 6.54 Å². The van der Waals surface area contributed by atoms with Gasteiger partial charge in [-0.2, -0.15) is 0 Å². The van der Waals surface area contributed by atoms with Gasteiger partial charge in [0.2, 0.25) is 5.91 Å². The zero-order chi connectivity index (χ0) is 19.5. The molecule has 0 fully saturated rings. The lowest BCUT2D eigenvalue weighted by Gasteiger charge is -2.12. The Morgan fingerprint density at radius 1 is 1.00 bits per heavy atom. The zero-order valence-electron chi connectivity index (χ0n) is 15.8. The monoisotopic (exact) mass is 406 g/mol. The lowest BCUT2D eigenvalue weighted by Crippen LogP contribution is -2.23. The normalized spacial score (nSPS) is 11.2. The maximum Gasteiger partial charge on any atom is 0.246 e. The Bertz CT molecular complexity index is 1110. The van der Waals surface area contributed by atoms with Gasteiger partial charge in [0.25, 0.3) is 0 Å². The van der Waals surface area contributed by atoms with Crippen molar-refractivity contribution >= 4 is 48.8 Å². The average molecular weight is 407 g/mol. The van der Waals surface area contributed by atoms with E-state index in [1.54, 1.807) is 23.3 Å². The predicted molar refractivity (Wildman–Crippen MR) is 121 cm³/mol. The molecule has 1 amide bonds. The number of benzene rings is 2. The molecule has 0 aliphatic heterocycles. The summed E-state index contributed by atoms with van der Waals surface area (Å²) in [6.07, 6.45) is 1.35. The van der Waals surface area contributed by atoms with Gasteiger partial charge in [-0.1, -0.05) is 36.9 Å². The summed E-state index contributed by atoms with van der Waals surface area (Å²) >= 11 is 3.60. The molecule has 5 heteroatoms. The summed E-state index contributed by atoms with van der Waals surface area (Å²) in [6, 6.07) is 19.5. The minimum absolute atomic E-state index is 0.0522. The molecule has 28 heavy (non-hydrogen) atoms.